The molecule has 0 bridgehead atoms. The first-order valence-electron chi connectivity index (χ1n) is 8.38. The van der Waals surface area contributed by atoms with E-state index in [1.165, 1.54) is 32.5 Å². The van der Waals surface area contributed by atoms with Crippen molar-refractivity contribution in [1.82, 2.24) is 0 Å². The number of ether oxygens (including phenoxy) is 4. The number of thioether (sulfide) groups is 1. The maximum atomic E-state index is 11.6. The first-order valence-corrected chi connectivity index (χ1v) is 9.26. The van der Waals surface area contributed by atoms with Gasteiger partial charge >= 0.3 is 17.9 Å². The number of carbonyl (C=O) groups excluding carboxylic acids is 3. The SMILES string of the molecule is CC(=O)OC[C@H]1O[C@@H](Sc2ccccc2)/C(=N/O)[C@@H](OC(C)=O)[C@H]1OC(C)=O. The third kappa shape index (κ3) is 5.96. The molecule has 9 nitrogen and oxygen atoms in total. The summed E-state index contributed by atoms with van der Waals surface area (Å²) in [7, 11) is 0. The number of hydrogen-bond acceptors (Lipinski definition) is 10. The van der Waals surface area contributed by atoms with Gasteiger partial charge in [-0.3, -0.25) is 14.4 Å². The molecule has 1 aliphatic heterocycles. The number of oxime groups is 1. The molecule has 1 aromatic carbocycles. The molecule has 1 fully saturated rings. The second-order valence-electron chi connectivity index (χ2n) is 5.87. The third-order valence-electron chi connectivity index (χ3n) is 3.64. The quantitative estimate of drug-likeness (QED) is 0.323. The van der Waals surface area contributed by atoms with E-state index in [1.54, 1.807) is 0 Å². The summed E-state index contributed by atoms with van der Waals surface area (Å²) < 4.78 is 21.4. The molecule has 1 N–H and O–H groups in total. The van der Waals surface area contributed by atoms with Crippen LogP contribution in [0.15, 0.2) is 40.4 Å². The van der Waals surface area contributed by atoms with Crippen molar-refractivity contribution in [1.29, 1.82) is 0 Å². The minimum Gasteiger partial charge on any atom is -0.463 e. The van der Waals surface area contributed by atoms with E-state index in [0.717, 1.165) is 4.90 Å². The highest BCUT2D eigenvalue weighted by Gasteiger charge is 2.49. The van der Waals surface area contributed by atoms with E-state index in [4.69, 9.17) is 18.9 Å². The highest BCUT2D eigenvalue weighted by Crippen LogP contribution is 2.34. The van der Waals surface area contributed by atoms with Crippen LogP contribution < -0.4 is 0 Å². The van der Waals surface area contributed by atoms with Crippen LogP contribution in [-0.2, 0) is 33.3 Å². The van der Waals surface area contributed by atoms with E-state index in [0.29, 0.717) is 0 Å². The Hall–Kier alpha value is -2.59. The van der Waals surface area contributed by atoms with E-state index < -0.39 is 41.7 Å². The van der Waals surface area contributed by atoms with Crippen molar-refractivity contribution in [3.63, 3.8) is 0 Å². The van der Waals surface area contributed by atoms with Crippen LogP contribution in [0.4, 0.5) is 0 Å². The van der Waals surface area contributed by atoms with Crippen LogP contribution in [0, 0.1) is 0 Å². The zero-order chi connectivity index (χ0) is 20.7. The van der Waals surface area contributed by atoms with Crippen LogP contribution in [0.3, 0.4) is 0 Å². The highest BCUT2D eigenvalue weighted by molar-refractivity contribution is 8.00. The van der Waals surface area contributed by atoms with Gasteiger partial charge in [-0.05, 0) is 12.1 Å². The van der Waals surface area contributed by atoms with Crippen molar-refractivity contribution in [2.75, 3.05) is 6.61 Å². The summed E-state index contributed by atoms with van der Waals surface area (Å²) >= 11 is 1.20. The monoisotopic (exact) mass is 411 g/mol. The molecule has 0 unspecified atom stereocenters. The first-order chi connectivity index (χ1) is 13.3. The summed E-state index contributed by atoms with van der Waals surface area (Å²) in [5.41, 5.74) is -0.904. The van der Waals surface area contributed by atoms with Gasteiger partial charge in [0.25, 0.3) is 0 Å². The van der Waals surface area contributed by atoms with Crippen LogP contribution in [-0.4, -0.2) is 59.2 Å². The lowest BCUT2D eigenvalue weighted by atomic mass is 10.00. The molecule has 0 saturated carbocycles. The van der Waals surface area contributed by atoms with Crippen LogP contribution >= 0.6 is 11.8 Å². The molecule has 1 heterocycles. The lowest BCUT2D eigenvalue weighted by Gasteiger charge is -2.40. The van der Waals surface area contributed by atoms with Gasteiger partial charge in [0.2, 0.25) is 0 Å². The number of esters is 3. The Morgan fingerprint density at radius 2 is 1.71 bits per heavy atom. The Morgan fingerprint density at radius 1 is 1.07 bits per heavy atom. The van der Waals surface area contributed by atoms with Gasteiger partial charge in [-0.2, -0.15) is 0 Å². The minimum absolute atomic E-state index is 0.0330. The van der Waals surface area contributed by atoms with Crippen LogP contribution in [0.2, 0.25) is 0 Å². The second kappa shape index (κ2) is 10.1. The molecule has 0 radical (unpaired) electrons. The molecule has 1 aromatic rings. The Bertz CT molecular complexity index is 738. The van der Waals surface area contributed by atoms with Gasteiger partial charge < -0.3 is 24.2 Å². The van der Waals surface area contributed by atoms with Crippen molar-refractivity contribution in [3.05, 3.63) is 30.3 Å². The summed E-state index contributed by atoms with van der Waals surface area (Å²) in [6.45, 7) is 3.34. The maximum Gasteiger partial charge on any atom is 0.303 e. The molecule has 1 saturated heterocycles. The predicted octanol–water partition coefficient (Wildman–Crippen LogP) is 1.76. The second-order valence-corrected chi connectivity index (χ2v) is 7.00. The van der Waals surface area contributed by atoms with E-state index in [2.05, 4.69) is 5.16 Å². The molecule has 0 aromatic heterocycles. The van der Waals surface area contributed by atoms with Crippen LogP contribution in [0.5, 0.6) is 0 Å². The normalized spacial score (nSPS) is 25.8. The fourth-order valence-electron chi connectivity index (χ4n) is 2.59. The Balaban J connectivity index is 2.36. The lowest BCUT2D eigenvalue weighted by Crippen LogP contribution is -2.58. The number of carbonyl (C=O) groups is 3. The van der Waals surface area contributed by atoms with Crippen molar-refractivity contribution >= 4 is 35.4 Å². The summed E-state index contributed by atoms with van der Waals surface area (Å²) in [4.78, 5) is 35.2. The maximum absolute atomic E-state index is 11.6. The van der Waals surface area contributed by atoms with Crippen molar-refractivity contribution in [2.45, 2.75) is 49.4 Å². The fourth-order valence-corrected chi connectivity index (χ4v) is 3.65. The van der Waals surface area contributed by atoms with Crippen molar-refractivity contribution < 1.29 is 38.5 Å². The van der Waals surface area contributed by atoms with E-state index in [9.17, 15) is 19.6 Å². The van der Waals surface area contributed by atoms with Gasteiger partial charge in [-0.1, -0.05) is 35.1 Å². The predicted molar refractivity (Wildman–Crippen MR) is 97.9 cm³/mol. The summed E-state index contributed by atoms with van der Waals surface area (Å²) in [6, 6.07) is 9.13. The summed E-state index contributed by atoms with van der Waals surface area (Å²) in [5, 5.41) is 12.8. The van der Waals surface area contributed by atoms with Gasteiger partial charge in [-0.25, -0.2) is 0 Å². The molecule has 152 valence electrons. The fraction of sp³-hybridized carbons (Fsp3) is 0.444. The number of rotatable bonds is 6. The standard InChI is InChI=1S/C18H21NO8S/c1-10(20)24-9-14-16(25-11(2)21)17(26-12(3)22)15(19-23)18(27-14)28-13-7-5-4-6-8-13/h4-8,14,16-18,23H,9H2,1-3H3/b19-15+/t14-,16+,17-,18+/m1/s1. The van der Waals surface area contributed by atoms with E-state index >= 15 is 0 Å². The molecule has 28 heavy (non-hydrogen) atoms. The lowest BCUT2D eigenvalue weighted by molar-refractivity contribution is -0.184. The molecule has 10 heteroatoms. The third-order valence-corrected chi connectivity index (χ3v) is 4.75. The number of hydrogen-bond donors (Lipinski definition) is 1. The number of benzene rings is 1. The highest BCUT2D eigenvalue weighted by atomic mass is 32.2. The zero-order valence-electron chi connectivity index (χ0n) is 15.6. The van der Waals surface area contributed by atoms with Gasteiger partial charge in [0.15, 0.2) is 17.6 Å². The molecule has 2 rings (SSSR count). The van der Waals surface area contributed by atoms with Gasteiger partial charge in [0.05, 0.1) is 0 Å². The van der Waals surface area contributed by atoms with E-state index in [-0.39, 0.29) is 12.3 Å². The Kier molecular flexibility index (Phi) is 7.82. The van der Waals surface area contributed by atoms with Gasteiger partial charge in [0.1, 0.15) is 18.4 Å². The average Bonchev–Trinajstić information content (AvgIpc) is 2.62. The van der Waals surface area contributed by atoms with Gasteiger partial charge in [-0.15, -0.1) is 0 Å². The Labute approximate surface area is 166 Å². The smallest absolute Gasteiger partial charge is 0.303 e. The topological polar surface area (TPSA) is 121 Å². The van der Waals surface area contributed by atoms with Crippen molar-refractivity contribution in [2.24, 2.45) is 5.16 Å². The summed E-state index contributed by atoms with van der Waals surface area (Å²) in [5.74, 6) is -1.88. The van der Waals surface area contributed by atoms with Crippen molar-refractivity contribution in [3.8, 4) is 0 Å². The van der Waals surface area contributed by atoms with Gasteiger partial charge in [0, 0.05) is 25.7 Å². The molecular formula is C18H21NO8S. The average molecular weight is 411 g/mol. The molecule has 1 aliphatic rings. The summed E-state index contributed by atoms with van der Waals surface area (Å²) in [6.07, 6.45) is -3.30. The largest absolute Gasteiger partial charge is 0.463 e. The molecular weight excluding hydrogens is 390 g/mol. The van der Waals surface area contributed by atoms with Crippen LogP contribution in [0.1, 0.15) is 20.8 Å². The molecule has 0 aliphatic carbocycles. The van der Waals surface area contributed by atoms with E-state index in [1.807, 2.05) is 30.3 Å². The Morgan fingerprint density at radius 3 is 2.25 bits per heavy atom. The zero-order valence-corrected chi connectivity index (χ0v) is 16.4. The molecule has 4 atom stereocenters. The van der Waals surface area contributed by atoms with Crippen LogP contribution in [0.25, 0.3) is 0 Å². The molecule has 0 amide bonds. The minimum atomic E-state index is -1.21. The molecule has 0 spiro atoms. The first kappa shape index (κ1) is 21.7. The number of nitrogens with zero attached hydrogens (tertiary/aromatic N) is 1.